The van der Waals surface area contributed by atoms with Gasteiger partial charge in [0.25, 0.3) is 5.72 Å². The molecule has 0 N–H and O–H groups in total. The largest absolute Gasteiger partial charge is 0.497 e. The Balaban J connectivity index is 1.56. The summed E-state index contributed by atoms with van der Waals surface area (Å²) in [5.74, 6) is 1.78. The lowest BCUT2D eigenvalue weighted by atomic mass is 9.89. The number of aliphatic imine (C=N–C) groups is 1. The van der Waals surface area contributed by atoms with Gasteiger partial charge in [-0.15, -0.1) is 0 Å². The minimum atomic E-state index is -0.605. The maximum atomic E-state index is 6.90. The molecule has 4 aromatic carbocycles. The molecule has 31 heavy (non-hydrogen) atoms. The van der Waals surface area contributed by atoms with Crippen molar-refractivity contribution in [2.45, 2.75) is 18.6 Å². The quantitative estimate of drug-likeness (QED) is 0.352. The first-order valence-corrected chi connectivity index (χ1v) is 10.7. The van der Waals surface area contributed by atoms with Crippen molar-refractivity contribution in [3.63, 3.8) is 0 Å². The molecule has 4 aromatic rings. The Morgan fingerprint density at radius 2 is 1.68 bits per heavy atom. The summed E-state index contributed by atoms with van der Waals surface area (Å²) in [5.41, 5.74) is 2.89. The number of methoxy groups -OCH3 is 1. The van der Waals surface area contributed by atoms with Gasteiger partial charge in [-0.1, -0.05) is 36.4 Å². The van der Waals surface area contributed by atoms with Crippen LogP contribution in [0.25, 0.3) is 21.5 Å². The van der Waals surface area contributed by atoms with Crippen LogP contribution in [0.15, 0.2) is 71.7 Å². The highest BCUT2D eigenvalue weighted by atomic mass is 16.5. The standard InChI is InChI=1S/C27H25N2O2/c1-17-25-21-8-6-5-7-18(21)10-13-23(25)29(2,3)27(17)16-28-26-22-15-20(30-4)12-9-19(22)11-14-24(26)31-27/h5-17H,1-4H3/q+1. The molecule has 0 radical (unpaired) electrons. The minimum absolute atomic E-state index is 0.140. The summed E-state index contributed by atoms with van der Waals surface area (Å²) >= 11 is 0. The average Bonchev–Trinajstić information content (AvgIpc) is 2.96. The predicted molar refractivity (Wildman–Crippen MR) is 128 cm³/mol. The molecule has 2 atom stereocenters. The Labute approximate surface area is 181 Å². The molecule has 0 bridgehead atoms. The van der Waals surface area contributed by atoms with E-state index in [1.165, 1.54) is 22.0 Å². The van der Waals surface area contributed by atoms with Crippen LogP contribution < -0.4 is 14.0 Å². The van der Waals surface area contributed by atoms with Crippen LogP contribution in [-0.2, 0) is 0 Å². The van der Waals surface area contributed by atoms with E-state index in [9.17, 15) is 0 Å². The van der Waals surface area contributed by atoms with Gasteiger partial charge in [0.05, 0.1) is 27.1 Å². The number of hydrogen-bond donors (Lipinski definition) is 0. The highest BCUT2D eigenvalue weighted by Gasteiger charge is 2.62. The topological polar surface area (TPSA) is 30.8 Å². The van der Waals surface area contributed by atoms with Crippen molar-refractivity contribution in [2.24, 2.45) is 4.99 Å². The van der Waals surface area contributed by atoms with Crippen LogP contribution in [0.4, 0.5) is 11.4 Å². The fourth-order valence-corrected chi connectivity index (χ4v) is 5.53. The fourth-order valence-electron chi connectivity index (χ4n) is 5.53. The number of rotatable bonds is 1. The number of nitrogens with zero attached hydrogens (tertiary/aromatic N) is 2. The number of ether oxygens (including phenoxy) is 2. The van der Waals surface area contributed by atoms with Crippen molar-refractivity contribution < 1.29 is 9.47 Å². The smallest absolute Gasteiger partial charge is 0.291 e. The number of hydrogen-bond acceptors (Lipinski definition) is 3. The maximum Gasteiger partial charge on any atom is 0.291 e. The van der Waals surface area contributed by atoms with Crippen LogP contribution in [0.1, 0.15) is 18.4 Å². The van der Waals surface area contributed by atoms with Gasteiger partial charge >= 0.3 is 0 Å². The van der Waals surface area contributed by atoms with Gasteiger partial charge in [-0.05, 0) is 47.3 Å². The van der Waals surface area contributed by atoms with Gasteiger partial charge in [-0.25, -0.2) is 4.99 Å². The molecule has 154 valence electrons. The van der Waals surface area contributed by atoms with Gasteiger partial charge in [0, 0.05) is 17.0 Å². The van der Waals surface area contributed by atoms with Crippen molar-refractivity contribution in [2.75, 3.05) is 21.2 Å². The zero-order valence-corrected chi connectivity index (χ0v) is 18.2. The summed E-state index contributed by atoms with van der Waals surface area (Å²) < 4.78 is 12.9. The van der Waals surface area contributed by atoms with Crippen LogP contribution in [0.2, 0.25) is 0 Å². The van der Waals surface area contributed by atoms with Crippen LogP contribution >= 0.6 is 0 Å². The van der Waals surface area contributed by atoms with Crippen LogP contribution in [0.3, 0.4) is 0 Å². The zero-order chi connectivity index (χ0) is 21.4. The fraction of sp³-hybridized carbons (Fsp3) is 0.222. The summed E-state index contributed by atoms with van der Waals surface area (Å²) in [6, 6.07) is 23.3. The second-order valence-corrected chi connectivity index (χ2v) is 9.01. The van der Waals surface area contributed by atoms with E-state index in [1.54, 1.807) is 7.11 Å². The lowest BCUT2D eigenvalue weighted by Crippen LogP contribution is -2.65. The van der Waals surface area contributed by atoms with E-state index in [0.29, 0.717) is 4.48 Å². The van der Waals surface area contributed by atoms with E-state index < -0.39 is 5.72 Å². The van der Waals surface area contributed by atoms with Gasteiger partial charge in [0.2, 0.25) is 0 Å². The highest BCUT2D eigenvalue weighted by Crippen LogP contribution is 2.55. The van der Waals surface area contributed by atoms with E-state index in [-0.39, 0.29) is 5.92 Å². The highest BCUT2D eigenvalue weighted by molar-refractivity contribution is 6.01. The van der Waals surface area contributed by atoms with Gasteiger partial charge in [-0.3, -0.25) is 4.48 Å². The summed E-state index contributed by atoms with van der Waals surface area (Å²) in [6.45, 7) is 2.26. The molecule has 6 rings (SSSR count). The van der Waals surface area contributed by atoms with Crippen molar-refractivity contribution in [3.8, 4) is 11.5 Å². The third-order valence-electron chi connectivity index (χ3n) is 7.29. The Kier molecular flexibility index (Phi) is 3.61. The Bertz CT molecular complexity index is 1410. The van der Waals surface area contributed by atoms with Gasteiger partial charge in [-0.2, -0.15) is 0 Å². The first-order valence-electron chi connectivity index (χ1n) is 10.7. The SMILES string of the molecule is COc1ccc2ccc3c(c2c1)N=CC1(O3)C(C)c2c(ccc3ccccc23)[N+]1(C)C. The number of benzene rings is 4. The molecular weight excluding hydrogens is 384 g/mol. The molecule has 2 aliphatic heterocycles. The number of quaternary nitrogens is 1. The third-order valence-corrected chi connectivity index (χ3v) is 7.29. The first kappa shape index (κ1) is 18.4. The summed E-state index contributed by atoms with van der Waals surface area (Å²) in [5, 5.41) is 4.72. The van der Waals surface area contributed by atoms with Gasteiger partial charge in [0.15, 0.2) is 5.75 Å². The lowest BCUT2D eigenvalue weighted by Gasteiger charge is -2.43. The lowest BCUT2D eigenvalue weighted by molar-refractivity contribution is 0.0102. The molecule has 2 aliphatic rings. The normalized spacial score (nSPS) is 23.0. The van der Waals surface area contributed by atoms with E-state index in [1.807, 2.05) is 18.3 Å². The molecule has 0 aliphatic carbocycles. The van der Waals surface area contributed by atoms with E-state index in [0.717, 1.165) is 28.0 Å². The molecule has 0 fully saturated rings. The molecule has 2 heterocycles. The molecule has 0 amide bonds. The van der Waals surface area contributed by atoms with E-state index >= 15 is 0 Å². The predicted octanol–water partition coefficient (Wildman–Crippen LogP) is 6.18. The van der Waals surface area contributed by atoms with Crippen LogP contribution in [-0.4, -0.2) is 33.1 Å². The first-order chi connectivity index (χ1) is 15.0. The second kappa shape index (κ2) is 6.08. The average molecular weight is 410 g/mol. The molecule has 2 unspecified atom stereocenters. The molecule has 0 saturated heterocycles. The number of fused-ring (bicyclic) bond motifs is 6. The Hall–Kier alpha value is -3.37. The Morgan fingerprint density at radius 3 is 2.52 bits per heavy atom. The molecule has 0 saturated carbocycles. The van der Waals surface area contributed by atoms with Crippen molar-refractivity contribution in [1.82, 2.24) is 4.48 Å². The molecule has 4 nitrogen and oxygen atoms in total. The summed E-state index contributed by atoms with van der Waals surface area (Å²) in [6.07, 6.45) is 2.04. The van der Waals surface area contributed by atoms with Crippen molar-refractivity contribution >= 4 is 39.1 Å². The third kappa shape index (κ3) is 2.26. The monoisotopic (exact) mass is 409 g/mol. The molecule has 1 spiro atoms. The molecule has 4 heteroatoms. The Morgan fingerprint density at radius 1 is 0.935 bits per heavy atom. The second-order valence-electron chi connectivity index (χ2n) is 9.01. The summed E-state index contributed by atoms with van der Waals surface area (Å²) in [7, 11) is 6.13. The van der Waals surface area contributed by atoms with Gasteiger partial charge in [0.1, 0.15) is 23.3 Å². The minimum Gasteiger partial charge on any atom is -0.497 e. The van der Waals surface area contributed by atoms with Gasteiger partial charge < -0.3 is 9.47 Å². The zero-order valence-electron chi connectivity index (χ0n) is 18.2. The maximum absolute atomic E-state index is 6.90. The van der Waals surface area contributed by atoms with Crippen LogP contribution in [0, 0.1) is 0 Å². The molecular formula is C27H25N2O2+. The van der Waals surface area contributed by atoms with E-state index in [2.05, 4.69) is 75.6 Å². The van der Waals surface area contributed by atoms with Crippen molar-refractivity contribution in [3.05, 3.63) is 72.3 Å². The van der Waals surface area contributed by atoms with E-state index in [4.69, 9.17) is 14.5 Å². The van der Waals surface area contributed by atoms with Crippen LogP contribution in [0.5, 0.6) is 11.5 Å². The van der Waals surface area contributed by atoms with Crippen molar-refractivity contribution in [1.29, 1.82) is 0 Å². The summed E-state index contributed by atoms with van der Waals surface area (Å²) in [4.78, 5) is 5.02. The molecule has 0 aromatic heterocycles. The number of likely N-dealkylation sites (N-methyl/N-ethyl adjacent to an activating group) is 1.